The molecule has 1 unspecified atom stereocenters. The summed E-state index contributed by atoms with van der Waals surface area (Å²) >= 11 is 3.50. The monoisotopic (exact) mass is 297 g/mol. The van der Waals surface area contributed by atoms with Gasteiger partial charge in [-0.25, -0.2) is 0 Å². The van der Waals surface area contributed by atoms with E-state index in [-0.39, 0.29) is 6.04 Å². The highest BCUT2D eigenvalue weighted by Crippen LogP contribution is 2.30. The molecule has 0 spiro atoms. The number of nitrogens with one attached hydrogen (secondary N) is 1. The van der Waals surface area contributed by atoms with E-state index < -0.39 is 0 Å². The number of nitrogens with zero attached hydrogens (tertiary/aromatic N) is 2. The van der Waals surface area contributed by atoms with Gasteiger partial charge in [0.25, 0.3) is 0 Å². The highest BCUT2D eigenvalue weighted by atomic mass is 79.9. The van der Waals surface area contributed by atoms with Crippen LogP contribution in [0.3, 0.4) is 0 Å². The molecule has 5 heteroatoms. The molecule has 0 bridgehead atoms. The highest BCUT2D eigenvalue weighted by Gasteiger charge is 2.22. The van der Waals surface area contributed by atoms with E-state index in [1.54, 1.807) is 6.26 Å². The molecule has 1 N–H and O–H groups in total. The van der Waals surface area contributed by atoms with E-state index in [4.69, 9.17) is 4.42 Å². The molecule has 0 fully saturated rings. The van der Waals surface area contributed by atoms with Crippen LogP contribution in [0.5, 0.6) is 0 Å². The average Bonchev–Trinajstić information content (AvgIpc) is 2.82. The molecule has 0 radical (unpaired) electrons. The van der Waals surface area contributed by atoms with E-state index in [2.05, 4.69) is 33.3 Å². The number of rotatable bonds is 4. The Labute approximate surface area is 109 Å². The van der Waals surface area contributed by atoms with E-state index in [1.807, 2.05) is 30.9 Å². The fraction of sp³-hybridized carbons (Fsp3) is 0.417. The molecule has 0 aliphatic rings. The smallest absolute Gasteiger partial charge is 0.139 e. The lowest BCUT2D eigenvalue weighted by atomic mass is 10.1. The lowest BCUT2D eigenvalue weighted by Gasteiger charge is -2.15. The minimum Gasteiger partial charge on any atom is -0.466 e. The van der Waals surface area contributed by atoms with E-state index in [1.165, 1.54) is 0 Å². The van der Waals surface area contributed by atoms with Crippen LogP contribution in [0, 0.1) is 6.92 Å². The predicted octanol–water partition coefficient (Wildman–Crippen LogP) is 2.78. The van der Waals surface area contributed by atoms with E-state index in [9.17, 15) is 0 Å². The van der Waals surface area contributed by atoms with Gasteiger partial charge in [-0.2, -0.15) is 5.10 Å². The Morgan fingerprint density at radius 2 is 2.35 bits per heavy atom. The van der Waals surface area contributed by atoms with Crippen molar-refractivity contribution in [3.05, 3.63) is 40.0 Å². The van der Waals surface area contributed by atoms with Gasteiger partial charge in [-0.05, 0) is 35.5 Å². The predicted molar refractivity (Wildman–Crippen MR) is 69.9 cm³/mol. The Morgan fingerprint density at radius 1 is 1.59 bits per heavy atom. The minimum atomic E-state index is 0.0399. The molecule has 2 rings (SSSR count). The van der Waals surface area contributed by atoms with Gasteiger partial charge in [0.1, 0.15) is 5.76 Å². The maximum atomic E-state index is 5.55. The molecule has 0 aliphatic carbocycles. The summed E-state index contributed by atoms with van der Waals surface area (Å²) in [6.45, 7) is 4.96. The SMILES string of the molecule is CCNC(c1cn(C)nc1C)c1occc1Br. The fourth-order valence-electron chi connectivity index (χ4n) is 1.96. The van der Waals surface area contributed by atoms with Gasteiger partial charge < -0.3 is 9.73 Å². The van der Waals surface area contributed by atoms with Crippen molar-refractivity contribution in [2.24, 2.45) is 7.05 Å². The van der Waals surface area contributed by atoms with Crippen LogP contribution in [0.1, 0.15) is 30.0 Å². The highest BCUT2D eigenvalue weighted by molar-refractivity contribution is 9.10. The number of aromatic nitrogens is 2. The van der Waals surface area contributed by atoms with Crippen molar-refractivity contribution in [1.29, 1.82) is 0 Å². The molecule has 4 nitrogen and oxygen atoms in total. The summed E-state index contributed by atoms with van der Waals surface area (Å²) in [7, 11) is 1.93. The quantitative estimate of drug-likeness (QED) is 0.944. The topological polar surface area (TPSA) is 43.0 Å². The molecule has 92 valence electrons. The van der Waals surface area contributed by atoms with E-state index in [0.717, 1.165) is 28.0 Å². The first-order chi connectivity index (χ1) is 8.13. The van der Waals surface area contributed by atoms with Gasteiger partial charge in [-0.15, -0.1) is 0 Å². The van der Waals surface area contributed by atoms with Crippen LogP contribution in [0.2, 0.25) is 0 Å². The minimum absolute atomic E-state index is 0.0399. The van der Waals surface area contributed by atoms with Crippen LogP contribution in [0.25, 0.3) is 0 Å². The van der Waals surface area contributed by atoms with Crippen molar-refractivity contribution in [3.8, 4) is 0 Å². The Morgan fingerprint density at radius 3 is 2.82 bits per heavy atom. The van der Waals surface area contributed by atoms with Crippen molar-refractivity contribution in [3.63, 3.8) is 0 Å². The maximum absolute atomic E-state index is 5.55. The number of aryl methyl sites for hydroxylation is 2. The zero-order valence-electron chi connectivity index (χ0n) is 10.2. The third-order valence-electron chi connectivity index (χ3n) is 2.68. The van der Waals surface area contributed by atoms with Crippen molar-refractivity contribution in [2.75, 3.05) is 6.54 Å². The second-order valence-corrected chi connectivity index (χ2v) is 4.82. The van der Waals surface area contributed by atoms with Gasteiger partial charge in [0.15, 0.2) is 0 Å². The van der Waals surface area contributed by atoms with Crippen molar-refractivity contribution < 1.29 is 4.42 Å². The van der Waals surface area contributed by atoms with Crippen molar-refractivity contribution in [2.45, 2.75) is 19.9 Å². The standard InChI is InChI=1S/C12H16BrN3O/c1-4-14-11(12-10(13)5-6-17-12)9-7-16(3)15-8(9)2/h5-7,11,14H,4H2,1-3H3. The van der Waals surface area contributed by atoms with E-state index >= 15 is 0 Å². The Balaban J connectivity index is 2.42. The molecule has 17 heavy (non-hydrogen) atoms. The molecule has 0 amide bonds. The summed E-state index contributed by atoms with van der Waals surface area (Å²) in [5, 5.41) is 7.79. The second-order valence-electron chi connectivity index (χ2n) is 3.97. The molecule has 0 saturated carbocycles. The van der Waals surface area contributed by atoms with Crippen molar-refractivity contribution >= 4 is 15.9 Å². The average molecular weight is 298 g/mol. The molecule has 0 aromatic carbocycles. The summed E-state index contributed by atoms with van der Waals surface area (Å²) in [5.41, 5.74) is 2.16. The van der Waals surface area contributed by atoms with Crippen LogP contribution in [0.4, 0.5) is 0 Å². The molecular formula is C12H16BrN3O. The fourth-order valence-corrected chi connectivity index (χ4v) is 2.39. The van der Waals surface area contributed by atoms with Gasteiger partial charge in [-0.3, -0.25) is 4.68 Å². The Kier molecular flexibility index (Phi) is 3.69. The normalized spacial score (nSPS) is 12.9. The van der Waals surface area contributed by atoms with Gasteiger partial charge in [-0.1, -0.05) is 6.92 Å². The van der Waals surface area contributed by atoms with Crippen LogP contribution >= 0.6 is 15.9 Å². The molecule has 2 heterocycles. The number of hydrogen-bond donors (Lipinski definition) is 1. The van der Waals surface area contributed by atoms with Gasteiger partial charge in [0.05, 0.1) is 22.5 Å². The molecule has 2 aromatic rings. The number of hydrogen-bond acceptors (Lipinski definition) is 3. The van der Waals surface area contributed by atoms with Gasteiger partial charge in [0, 0.05) is 18.8 Å². The Hall–Kier alpha value is -1.07. The first kappa shape index (κ1) is 12.4. The summed E-state index contributed by atoms with van der Waals surface area (Å²) in [6.07, 6.45) is 3.72. The molecule has 2 aromatic heterocycles. The zero-order valence-corrected chi connectivity index (χ0v) is 11.8. The van der Waals surface area contributed by atoms with Gasteiger partial charge in [0.2, 0.25) is 0 Å². The summed E-state index contributed by atoms with van der Waals surface area (Å²) in [5.74, 6) is 0.892. The van der Waals surface area contributed by atoms with Crippen LogP contribution < -0.4 is 5.32 Å². The third-order valence-corrected chi connectivity index (χ3v) is 3.33. The third kappa shape index (κ3) is 2.45. The van der Waals surface area contributed by atoms with Crippen LogP contribution in [0.15, 0.2) is 27.4 Å². The Bertz CT molecular complexity index is 504. The molecule has 0 saturated heterocycles. The van der Waals surface area contributed by atoms with Gasteiger partial charge >= 0.3 is 0 Å². The molecule has 0 aliphatic heterocycles. The molecular weight excluding hydrogens is 282 g/mol. The van der Waals surface area contributed by atoms with Crippen LogP contribution in [-0.4, -0.2) is 16.3 Å². The number of halogens is 1. The zero-order chi connectivity index (χ0) is 12.4. The summed E-state index contributed by atoms with van der Waals surface area (Å²) in [6, 6.07) is 1.95. The molecule has 1 atom stereocenters. The largest absolute Gasteiger partial charge is 0.466 e. The van der Waals surface area contributed by atoms with E-state index in [0.29, 0.717) is 0 Å². The van der Waals surface area contributed by atoms with Crippen molar-refractivity contribution in [1.82, 2.24) is 15.1 Å². The summed E-state index contributed by atoms with van der Waals surface area (Å²) < 4.78 is 8.35. The van der Waals surface area contributed by atoms with Crippen LogP contribution in [-0.2, 0) is 7.05 Å². The first-order valence-electron chi connectivity index (χ1n) is 5.60. The summed E-state index contributed by atoms with van der Waals surface area (Å²) in [4.78, 5) is 0. The first-order valence-corrected chi connectivity index (χ1v) is 6.39. The second kappa shape index (κ2) is 5.06. The lowest BCUT2D eigenvalue weighted by Crippen LogP contribution is -2.22. The number of furan rings is 1. The maximum Gasteiger partial charge on any atom is 0.139 e. The lowest BCUT2D eigenvalue weighted by molar-refractivity contribution is 0.449.